The largest absolute Gasteiger partial charge is 0.286 e. The van der Waals surface area contributed by atoms with E-state index in [0.717, 1.165) is 15.3 Å². The van der Waals surface area contributed by atoms with Crippen molar-refractivity contribution in [2.75, 3.05) is 0 Å². The summed E-state index contributed by atoms with van der Waals surface area (Å²) in [6.45, 7) is 7.27. The van der Waals surface area contributed by atoms with Crippen LogP contribution >= 0.6 is 0 Å². The first kappa shape index (κ1) is 13.1. The molecular formula is C14H17N4O2. The highest BCUT2D eigenvalue weighted by Gasteiger charge is 2.57. The van der Waals surface area contributed by atoms with Gasteiger partial charge in [-0.1, -0.05) is 5.21 Å². The molecule has 1 N–H and O–H groups in total. The molecule has 1 aromatic heterocycles. The summed E-state index contributed by atoms with van der Waals surface area (Å²) in [7, 11) is 0. The molecule has 0 unspecified atom stereocenters. The lowest BCUT2D eigenvalue weighted by Gasteiger charge is -2.36. The Morgan fingerprint density at radius 2 is 1.90 bits per heavy atom. The minimum Gasteiger partial charge on any atom is -0.286 e. The van der Waals surface area contributed by atoms with E-state index in [0.29, 0.717) is 11.1 Å². The molecule has 105 valence electrons. The Morgan fingerprint density at radius 3 is 2.45 bits per heavy atom. The van der Waals surface area contributed by atoms with Crippen LogP contribution in [0.15, 0.2) is 35.0 Å². The van der Waals surface area contributed by atoms with Crippen molar-refractivity contribution >= 4 is 6.08 Å². The van der Waals surface area contributed by atoms with Crippen molar-refractivity contribution in [1.82, 2.24) is 15.1 Å². The molecule has 6 nitrogen and oxygen atoms in total. The quantitative estimate of drug-likeness (QED) is 0.750. The Kier molecular flexibility index (Phi) is 2.49. The summed E-state index contributed by atoms with van der Waals surface area (Å²) >= 11 is 0. The lowest BCUT2D eigenvalue weighted by atomic mass is 9.84. The molecule has 0 saturated carbocycles. The van der Waals surface area contributed by atoms with Crippen molar-refractivity contribution < 1.29 is 10.4 Å². The monoisotopic (exact) mass is 273 g/mol. The van der Waals surface area contributed by atoms with E-state index < -0.39 is 11.1 Å². The fourth-order valence-corrected chi connectivity index (χ4v) is 2.37. The van der Waals surface area contributed by atoms with Crippen molar-refractivity contribution in [2.24, 2.45) is 4.99 Å². The van der Waals surface area contributed by atoms with Crippen LogP contribution in [0.3, 0.4) is 0 Å². The van der Waals surface area contributed by atoms with Crippen LogP contribution in [0.2, 0.25) is 0 Å². The van der Waals surface area contributed by atoms with Crippen LogP contribution < -0.4 is 10.6 Å². The normalized spacial score (nSPS) is 26.3. The number of pyridine rings is 1. The van der Waals surface area contributed by atoms with Crippen LogP contribution in [-0.2, 0) is 5.21 Å². The molecule has 1 aromatic rings. The zero-order chi connectivity index (χ0) is 14.7. The minimum atomic E-state index is -0.763. The fraction of sp³-hybridized carbons (Fsp3) is 0.429. The molecule has 0 aromatic carbocycles. The lowest BCUT2D eigenvalue weighted by Crippen LogP contribution is -2.52. The molecule has 1 radical (unpaired) electrons. The van der Waals surface area contributed by atoms with Gasteiger partial charge in [0.2, 0.25) is 0 Å². The van der Waals surface area contributed by atoms with Gasteiger partial charge in [0.1, 0.15) is 5.70 Å². The summed E-state index contributed by atoms with van der Waals surface area (Å²) in [6, 6.07) is 1.83. The zero-order valence-electron chi connectivity index (χ0n) is 12.0. The highest BCUT2D eigenvalue weighted by Crippen LogP contribution is 2.44. The van der Waals surface area contributed by atoms with Gasteiger partial charge in [0, 0.05) is 11.4 Å². The van der Waals surface area contributed by atoms with Gasteiger partial charge in [0.05, 0.1) is 22.6 Å². The summed E-state index contributed by atoms with van der Waals surface area (Å²) in [5.41, 5.74) is -1.02. The van der Waals surface area contributed by atoms with Crippen LogP contribution in [0.5, 0.6) is 0 Å². The standard InChI is InChI=1S/C14H17N4O2/c1-13(2)14(3,4)18(20)12(17(13)19)10-7-9-5-6-15-8-11(9)16-10/h5-8,19H,1-4H3/b12-10+. The van der Waals surface area contributed by atoms with E-state index in [2.05, 4.69) is 9.98 Å². The van der Waals surface area contributed by atoms with Gasteiger partial charge in [-0.3, -0.25) is 10.2 Å². The number of hydrogen-bond donors (Lipinski definition) is 1. The summed E-state index contributed by atoms with van der Waals surface area (Å²) in [5, 5.41) is 26.4. The first-order chi connectivity index (χ1) is 9.26. The van der Waals surface area contributed by atoms with Gasteiger partial charge in [-0.25, -0.2) is 10.1 Å². The maximum Gasteiger partial charge on any atom is 0.183 e. The second kappa shape index (κ2) is 3.80. The highest BCUT2D eigenvalue weighted by molar-refractivity contribution is 5.51. The molecule has 1 fully saturated rings. The van der Waals surface area contributed by atoms with E-state index in [1.54, 1.807) is 32.3 Å². The first-order valence-corrected chi connectivity index (χ1v) is 6.48. The summed E-state index contributed by atoms with van der Waals surface area (Å²) in [4.78, 5) is 8.39. The molecule has 3 heterocycles. The van der Waals surface area contributed by atoms with E-state index in [-0.39, 0.29) is 5.82 Å². The topological polar surface area (TPSA) is 71.9 Å². The van der Waals surface area contributed by atoms with Crippen molar-refractivity contribution in [3.63, 3.8) is 0 Å². The number of allylic oxidation sites excluding steroid dienone is 1. The van der Waals surface area contributed by atoms with Gasteiger partial charge in [0.15, 0.2) is 5.82 Å². The smallest absolute Gasteiger partial charge is 0.183 e. The van der Waals surface area contributed by atoms with Gasteiger partial charge in [-0.15, -0.1) is 0 Å². The molecule has 0 aliphatic carbocycles. The molecule has 0 spiro atoms. The number of hydroxylamine groups is 4. The molecule has 2 aliphatic rings. The third-order valence-corrected chi connectivity index (χ3v) is 4.52. The number of fused-ring (bicyclic) bond motifs is 1. The SMILES string of the molecule is CC1(C)N([O])/C(=C2\C=c3ccncc3=N2)N(O)C1(C)C. The Morgan fingerprint density at radius 1 is 1.20 bits per heavy atom. The predicted octanol–water partition coefficient (Wildman–Crippen LogP) is 0.574. The molecule has 3 rings (SSSR count). The maximum atomic E-state index is 12.6. The molecule has 20 heavy (non-hydrogen) atoms. The minimum absolute atomic E-state index is 0.177. The average molecular weight is 273 g/mol. The lowest BCUT2D eigenvalue weighted by molar-refractivity contribution is -0.181. The van der Waals surface area contributed by atoms with Crippen molar-refractivity contribution in [1.29, 1.82) is 0 Å². The average Bonchev–Trinajstić information content (AvgIpc) is 2.85. The summed E-state index contributed by atoms with van der Waals surface area (Å²) in [5.74, 6) is 0.177. The molecule has 1 saturated heterocycles. The van der Waals surface area contributed by atoms with Crippen molar-refractivity contribution in [3.05, 3.63) is 40.6 Å². The van der Waals surface area contributed by atoms with E-state index in [4.69, 9.17) is 0 Å². The molecule has 0 atom stereocenters. The Hall–Kier alpha value is -1.92. The van der Waals surface area contributed by atoms with Gasteiger partial charge in [0.25, 0.3) is 0 Å². The van der Waals surface area contributed by atoms with Gasteiger partial charge < -0.3 is 0 Å². The van der Waals surface area contributed by atoms with E-state index in [1.807, 2.05) is 19.9 Å². The first-order valence-electron chi connectivity index (χ1n) is 6.48. The summed E-state index contributed by atoms with van der Waals surface area (Å²) < 4.78 is 0. The van der Waals surface area contributed by atoms with Crippen LogP contribution in [0, 0.1) is 0 Å². The van der Waals surface area contributed by atoms with E-state index in [9.17, 15) is 10.4 Å². The van der Waals surface area contributed by atoms with Gasteiger partial charge >= 0.3 is 0 Å². The second-order valence-electron chi connectivity index (χ2n) is 6.12. The molecule has 6 heteroatoms. The number of hydrogen-bond acceptors (Lipinski definition) is 5. The Balaban J connectivity index is 2.22. The van der Waals surface area contributed by atoms with Crippen LogP contribution in [-0.4, -0.2) is 31.4 Å². The second-order valence-corrected chi connectivity index (χ2v) is 6.12. The maximum absolute atomic E-state index is 12.6. The number of rotatable bonds is 0. The summed E-state index contributed by atoms with van der Waals surface area (Å²) in [6.07, 6.45) is 5.10. The Labute approximate surface area is 116 Å². The highest BCUT2D eigenvalue weighted by atomic mass is 16.6. The van der Waals surface area contributed by atoms with E-state index in [1.165, 1.54) is 0 Å². The zero-order valence-corrected chi connectivity index (χ0v) is 12.0. The predicted molar refractivity (Wildman–Crippen MR) is 70.8 cm³/mol. The van der Waals surface area contributed by atoms with Crippen molar-refractivity contribution in [2.45, 2.75) is 38.8 Å². The molecule has 0 amide bonds. The third kappa shape index (κ3) is 1.46. The van der Waals surface area contributed by atoms with Crippen LogP contribution in [0.1, 0.15) is 27.7 Å². The molecule has 0 bridgehead atoms. The number of aromatic nitrogens is 1. The number of nitrogens with zero attached hydrogens (tertiary/aromatic N) is 4. The molecular weight excluding hydrogens is 256 g/mol. The van der Waals surface area contributed by atoms with Crippen LogP contribution in [0.4, 0.5) is 0 Å². The van der Waals surface area contributed by atoms with Crippen LogP contribution in [0.25, 0.3) is 6.08 Å². The van der Waals surface area contributed by atoms with E-state index >= 15 is 0 Å². The van der Waals surface area contributed by atoms with Crippen molar-refractivity contribution in [3.8, 4) is 0 Å². The van der Waals surface area contributed by atoms with Gasteiger partial charge in [-0.2, -0.15) is 5.06 Å². The van der Waals surface area contributed by atoms with Gasteiger partial charge in [-0.05, 0) is 39.8 Å². The third-order valence-electron chi connectivity index (χ3n) is 4.52. The Bertz CT molecular complexity index is 662. The molecule has 2 aliphatic heterocycles. The fourth-order valence-electron chi connectivity index (χ4n) is 2.37.